The predicted molar refractivity (Wildman–Crippen MR) is 61.1 cm³/mol. The van der Waals surface area contributed by atoms with Crippen LogP contribution in [0.25, 0.3) is 0 Å². The summed E-state index contributed by atoms with van der Waals surface area (Å²) >= 11 is 0. The number of likely N-dealkylation sites (N-methyl/N-ethyl adjacent to an activating group) is 1. The van der Waals surface area contributed by atoms with Gasteiger partial charge in [0.15, 0.2) is 0 Å². The van der Waals surface area contributed by atoms with Crippen molar-refractivity contribution in [2.24, 2.45) is 0 Å². The first kappa shape index (κ1) is 12.2. The van der Waals surface area contributed by atoms with Crippen molar-refractivity contribution in [1.29, 1.82) is 0 Å². The van der Waals surface area contributed by atoms with E-state index in [4.69, 9.17) is 0 Å². The highest BCUT2D eigenvalue weighted by molar-refractivity contribution is 5.57. The molecule has 1 aliphatic heterocycles. The summed E-state index contributed by atoms with van der Waals surface area (Å²) in [4.78, 5) is 0. The molecule has 2 N–H and O–H groups in total. The minimum atomic E-state index is -4.28. The number of benzene rings is 1. The van der Waals surface area contributed by atoms with E-state index in [1.165, 1.54) is 6.07 Å². The Kier molecular flexibility index (Phi) is 3.28. The molecule has 1 unspecified atom stereocenters. The SMILES string of the molecule is CCNC1CNc2cccc(C(F)(F)F)c2C1. The Morgan fingerprint density at radius 1 is 1.41 bits per heavy atom. The molecule has 0 spiro atoms. The van der Waals surface area contributed by atoms with Crippen LogP contribution in [0, 0.1) is 0 Å². The molecule has 0 aliphatic carbocycles. The highest BCUT2D eigenvalue weighted by Gasteiger charge is 2.35. The van der Waals surface area contributed by atoms with Crippen molar-refractivity contribution in [3.8, 4) is 0 Å². The zero-order chi connectivity index (χ0) is 12.5. The lowest BCUT2D eigenvalue weighted by Gasteiger charge is -2.29. The predicted octanol–water partition coefficient (Wildman–Crippen LogP) is 2.65. The molecule has 0 amide bonds. The summed E-state index contributed by atoms with van der Waals surface area (Å²) in [5, 5.41) is 6.22. The molecule has 1 atom stereocenters. The molecule has 0 saturated heterocycles. The molecular weight excluding hydrogens is 229 g/mol. The van der Waals surface area contributed by atoms with Crippen molar-refractivity contribution < 1.29 is 13.2 Å². The van der Waals surface area contributed by atoms with E-state index in [9.17, 15) is 13.2 Å². The second-order valence-corrected chi connectivity index (χ2v) is 4.17. The lowest BCUT2D eigenvalue weighted by atomic mass is 9.94. The molecule has 2 nitrogen and oxygen atoms in total. The second-order valence-electron chi connectivity index (χ2n) is 4.17. The minimum absolute atomic E-state index is 0.0657. The van der Waals surface area contributed by atoms with Crippen LogP contribution in [0.2, 0.25) is 0 Å². The summed E-state index contributed by atoms with van der Waals surface area (Å²) in [5.74, 6) is 0. The van der Waals surface area contributed by atoms with Gasteiger partial charge in [0.2, 0.25) is 0 Å². The van der Waals surface area contributed by atoms with Gasteiger partial charge >= 0.3 is 6.18 Å². The number of anilines is 1. The third kappa shape index (κ3) is 2.54. The number of hydrogen-bond donors (Lipinski definition) is 2. The van der Waals surface area contributed by atoms with E-state index in [0.29, 0.717) is 24.2 Å². The Bertz CT molecular complexity index is 401. The van der Waals surface area contributed by atoms with Crippen LogP contribution in [-0.2, 0) is 12.6 Å². The van der Waals surface area contributed by atoms with Gasteiger partial charge in [-0.05, 0) is 30.7 Å². The van der Waals surface area contributed by atoms with E-state index >= 15 is 0 Å². The molecule has 5 heteroatoms. The van der Waals surface area contributed by atoms with Gasteiger partial charge in [0, 0.05) is 18.3 Å². The van der Waals surface area contributed by atoms with Crippen LogP contribution in [-0.4, -0.2) is 19.1 Å². The topological polar surface area (TPSA) is 24.1 Å². The normalized spacial score (nSPS) is 19.6. The van der Waals surface area contributed by atoms with E-state index in [1.54, 1.807) is 6.07 Å². The first-order valence-electron chi connectivity index (χ1n) is 5.68. The smallest absolute Gasteiger partial charge is 0.383 e. The molecule has 0 saturated carbocycles. The fourth-order valence-corrected chi connectivity index (χ4v) is 2.22. The highest BCUT2D eigenvalue weighted by atomic mass is 19.4. The summed E-state index contributed by atoms with van der Waals surface area (Å²) in [5.41, 5.74) is 0.455. The van der Waals surface area contributed by atoms with Crippen LogP contribution in [0.1, 0.15) is 18.1 Å². The second kappa shape index (κ2) is 4.56. The van der Waals surface area contributed by atoms with Crippen molar-refractivity contribution in [1.82, 2.24) is 5.32 Å². The molecule has 1 aromatic carbocycles. The number of hydrogen-bond acceptors (Lipinski definition) is 2. The molecular formula is C12H15F3N2. The van der Waals surface area contributed by atoms with Crippen LogP contribution >= 0.6 is 0 Å². The van der Waals surface area contributed by atoms with Crippen LogP contribution in [0.4, 0.5) is 18.9 Å². The molecule has 0 fully saturated rings. The highest BCUT2D eigenvalue weighted by Crippen LogP contribution is 2.36. The number of alkyl halides is 3. The first-order valence-corrected chi connectivity index (χ1v) is 5.68. The average molecular weight is 244 g/mol. The summed E-state index contributed by atoms with van der Waals surface area (Å²) in [7, 11) is 0. The maximum atomic E-state index is 12.8. The number of fused-ring (bicyclic) bond motifs is 1. The number of nitrogens with one attached hydrogen (secondary N) is 2. The summed E-state index contributed by atoms with van der Waals surface area (Å²) in [6, 6.07) is 4.36. The van der Waals surface area contributed by atoms with Gasteiger partial charge in [0.25, 0.3) is 0 Å². The van der Waals surface area contributed by atoms with Gasteiger partial charge in [-0.25, -0.2) is 0 Å². The zero-order valence-corrected chi connectivity index (χ0v) is 9.56. The van der Waals surface area contributed by atoms with E-state index in [1.807, 2.05) is 6.92 Å². The van der Waals surface area contributed by atoms with Crippen LogP contribution < -0.4 is 10.6 Å². The molecule has 0 aromatic heterocycles. The number of halogens is 3. The van der Waals surface area contributed by atoms with Crippen LogP contribution in [0.3, 0.4) is 0 Å². The third-order valence-electron chi connectivity index (χ3n) is 2.96. The Balaban J connectivity index is 2.33. The molecule has 0 bridgehead atoms. The summed E-state index contributed by atoms with van der Waals surface area (Å²) < 4.78 is 38.5. The van der Waals surface area contributed by atoms with Gasteiger partial charge in [-0.3, -0.25) is 0 Å². The van der Waals surface area contributed by atoms with Crippen molar-refractivity contribution in [2.75, 3.05) is 18.4 Å². The van der Waals surface area contributed by atoms with E-state index in [2.05, 4.69) is 10.6 Å². The minimum Gasteiger partial charge on any atom is -0.383 e. The standard InChI is InChI=1S/C12H15F3N2/c1-2-16-8-6-9-10(12(13,14)15)4-3-5-11(9)17-7-8/h3-5,8,16-17H,2,6-7H2,1H3. The maximum absolute atomic E-state index is 12.8. The quantitative estimate of drug-likeness (QED) is 0.835. The van der Waals surface area contributed by atoms with Crippen molar-refractivity contribution in [3.05, 3.63) is 29.3 Å². The Labute approximate surface area is 98.2 Å². The van der Waals surface area contributed by atoms with E-state index in [-0.39, 0.29) is 6.04 Å². The van der Waals surface area contributed by atoms with Crippen LogP contribution in [0.5, 0.6) is 0 Å². The molecule has 94 valence electrons. The van der Waals surface area contributed by atoms with E-state index in [0.717, 1.165) is 12.6 Å². The van der Waals surface area contributed by atoms with Crippen molar-refractivity contribution in [3.63, 3.8) is 0 Å². The summed E-state index contributed by atoms with van der Waals surface area (Å²) in [6.45, 7) is 3.38. The number of rotatable bonds is 2. The summed E-state index contributed by atoms with van der Waals surface area (Å²) in [6.07, 6.45) is -3.85. The van der Waals surface area contributed by atoms with Gasteiger partial charge in [0.05, 0.1) is 5.56 Å². The Morgan fingerprint density at radius 2 is 2.18 bits per heavy atom. The van der Waals surface area contributed by atoms with Gasteiger partial charge in [0.1, 0.15) is 0 Å². The largest absolute Gasteiger partial charge is 0.416 e. The molecule has 1 heterocycles. The molecule has 2 rings (SSSR count). The van der Waals surface area contributed by atoms with Gasteiger partial charge in [-0.15, -0.1) is 0 Å². The van der Waals surface area contributed by atoms with Crippen molar-refractivity contribution >= 4 is 5.69 Å². The lowest BCUT2D eigenvalue weighted by molar-refractivity contribution is -0.138. The third-order valence-corrected chi connectivity index (χ3v) is 2.96. The molecule has 0 radical (unpaired) electrons. The fourth-order valence-electron chi connectivity index (χ4n) is 2.22. The van der Waals surface area contributed by atoms with E-state index < -0.39 is 11.7 Å². The molecule has 1 aliphatic rings. The molecule has 1 aromatic rings. The zero-order valence-electron chi connectivity index (χ0n) is 9.56. The Morgan fingerprint density at radius 3 is 2.82 bits per heavy atom. The van der Waals surface area contributed by atoms with Gasteiger partial charge in [-0.2, -0.15) is 13.2 Å². The molecule has 17 heavy (non-hydrogen) atoms. The van der Waals surface area contributed by atoms with Crippen LogP contribution in [0.15, 0.2) is 18.2 Å². The monoisotopic (exact) mass is 244 g/mol. The average Bonchev–Trinajstić information content (AvgIpc) is 2.27. The maximum Gasteiger partial charge on any atom is 0.416 e. The lowest BCUT2D eigenvalue weighted by Crippen LogP contribution is -2.40. The van der Waals surface area contributed by atoms with Crippen molar-refractivity contribution in [2.45, 2.75) is 25.6 Å². The van der Waals surface area contributed by atoms with Gasteiger partial charge < -0.3 is 10.6 Å². The Hall–Kier alpha value is -1.23. The fraction of sp³-hybridized carbons (Fsp3) is 0.500. The van der Waals surface area contributed by atoms with Gasteiger partial charge in [-0.1, -0.05) is 13.0 Å². The first-order chi connectivity index (χ1) is 8.02.